The lowest BCUT2D eigenvalue weighted by molar-refractivity contribution is 0.906. The lowest BCUT2D eigenvalue weighted by atomic mass is 10.1. The van der Waals surface area contributed by atoms with E-state index in [0.717, 1.165) is 5.69 Å². The number of fused-ring (bicyclic) bond motifs is 1. The fourth-order valence-electron chi connectivity index (χ4n) is 1.57. The van der Waals surface area contributed by atoms with Crippen LogP contribution in [0.15, 0.2) is 6.20 Å². The van der Waals surface area contributed by atoms with Gasteiger partial charge in [0, 0.05) is 0 Å². The Morgan fingerprint density at radius 3 is 2.67 bits per heavy atom. The van der Waals surface area contributed by atoms with Gasteiger partial charge in [0.2, 0.25) is 0 Å². The number of aryl methyl sites for hydroxylation is 2. The molecule has 0 spiro atoms. The first-order valence-corrected chi connectivity index (χ1v) is 4.68. The summed E-state index contributed by atoms with van der Waals surface area (Å²) in [6.07, 6.45) is 5.58. The highest BCUT2D eigenvalue weighted by Gasteiger charge is 2.12. The fraction of sp³-hybridized carbons (Fsp3) is 0.600. The van der Waals surface area contributed by atoms with Crippen molar-refractivity contribution in [2.45, 2.75) is 40.0 Å². The van der Waals surface area contributed by atoms with Gasteiger partial charge in [-0.1, -0.05) is 13.8 Å². The Kier molecular flexibility index (Phi) is 3.20. The molecular weight excluding hydrogens is 148 g/mol. The number of aromatic nitrogens is 2. The van der Waals surface area contributed by atoms with Crippen LogP contribution in [0.1, 0.15) is 37.1 Å². The molecule has 0 aromatic carbocycles. The summed E-state index contributed by atoms with van der Waals surface area (Å²) in [6, 6.07) is 0. The fourth-order valence-corrected chi connectivity index (χ4v) is 1.57. The zero-order valence-corrected chi connectivity index (χ0v) is 8.09. The molecule has 1 aliphatic carbocycles. The minimum Gasteiger partial charge on any atom is -0.159 e. The van der Waals surface area contributed by atoms with Gasteiger partial charge in [-0.3, -0.25) is 0 Å². The van der Waals surface area contributed by atoms with Crippen LogP contribution in [0.2, 0.25) is 0 Å². The Bertz CT molecular complexity index is 256. The second kappa shape index (κ2) is 4.19. The molecule has 2 rings (SSSR count). The smallest absolute Gasteiger partial charge is 0.0634 e. The van der Waals surface area contributed by atoms with Gasteiger partial charge in [0.05, 0.1) is 11.9 Å². The van der Waals surface area contributed by atoms with Gasteiger partial charge >= 0.3 is 0 Å². The largest absolute Gasteiger partial charge is 0.159 e. The average Bonchev–Trinajstić information content (AvgIpc) is 2.57. The molecule has 1 heterocycles. The summed E-state index contributed by atoms with van der Waals surface area (Å²) >= 11 is 0. The lowest BCUT2D eigenvalue weighted by Crippen LogP contribution is -1.93. The maximum Gasteiger partial charge on any atom is 0.0634 e. The van der Waals surface area contributed by atoms with E-state index >= 15 is 0 Å². The van der Waals surface area contributed by atoms with E-state index in [9.17, 15) is 0 Å². The molecule has 1 aromatic heterocycles. The third-order valence-corrected chi connectivity index (χ3v) is 2.12. The van der Waals surface area contributed by atoms with Crippen LogP contribution in [0, 0.1) is 6.92 Å². The van der Waals surface area contributed by atoms with Gasteiger partial charge in [0.15, 0.2) is 0 Å². The van der Waals surface area contributed by atoms with E-state index in [-0.39, 0.29) is 0 Å². The number of nitrogens with zero attached hydrogens (tertiary/aromatic N) is 2. The minimum atomic E-state index is 1.12. The van der Waals surface area contributed by atoms with E-state index in [1.165, 1.54) is 30.4 Å². The SMILES string of the molecule is CC.Cc1nncc2c1CCC2. The number of hydrogen-bond donors (Lipinski definition) is 0. The van der Waals surface area contributed by atoms with Gasteiger partial charge in [-0.05, 0) is 37.3 Å². The molecule has 66 valence electrons. The van der Waals surface area contributed by atoms with Gasteiger partial charge < -0.3 is 0 Å². The van der Waals surface area contributed by atoms with Crippen LogP contribution in [0.5, 0.6) is 0 Å². The second-order valence-corrected chi connectivity index (χ2v) is 2.79. The van der Waals surface area contributed by atoms with Crippen LogP contribution < -0.4 is 0 Å². The summed E-state index contributed by atoms with van der Waals surface area (Å²) in [5.74, 6) is 0. The molecular formula is C10H16N2. The number of hydrogen-bond acceptors (Lipinski definition) is 2. The molecule has 0 fully saturated rings. The molecule has 0 saturated heterocycles. The summed E-state index contributed by atoms with van der Waals surface area (Å²) in [4.78, 5) is 0. The van der Waals surface area contributed by atoms with Gasteiger partial charge in [-0.2, -0.15) is 10.2 Å². The van der Waals surface area contributed by atoms with Crippen molar-refractivity contribution >= 4 is 0 Å². The van der Waals surface area contributed by atoms with Gasteiger partial charge in [-0.15, -0.1) is 0 Å². The molecule has 0 amide bonds. The van der Waals surface area contributed by atoms with E-state index in [4.69, 9.17) is 0 Å². The maximum absolute atomic E-state index is 4.00. The Morgan fingerprint density at radius 1 is 1.25 bits per heavy atom. The Labute approximate surface area is 74.0 Å². The third-order valence-electron chi connectivity index (χ3n) is 2.12. The third kappa shape index (κ3) is 1.63. The molecule has 0 radical (unpaired) electrons. The average molecular weight is 164 g/mol. The Hall–Kier alpha value is -0.920. The minimum absolute atomic E-state index is 1.12. The quantitative estimate of drug-likeness (QED) is 0.588. The highest BCUT2D eigenvalue weighted by molar-refractivity contribution is 5.30. The highest BCUT2D eigenvalue weighted by atomic mass is 15.1. The van der Waals surface area contributed by atoms with Gasteiger partial charge in [0.25, 0.3) is 0 Å². The first-order chi connectivity index (χ1) is 5.88. The van der Waals surface area contributed by atoms with Gasteiger partial charge in [-0.25, -0.2) is 0 Å². The zero-order chi connectivity index (χ0) is 8.97. The van der Waals surface area contributed by atoms with Crippen LogP contribution in [-0.2, 0) is 12.8 Å². The molecule has 1 aromatic rings. The van der Waals surface area contributed by atoms with Gasteiger partial charge in [0.1, 0.15) is 0 Å². The van der Waals surface area contributed by atoms with Crippen LogP contribution in [0.25, 0.3) is 0 Å². The topological polar surface area (TPSA) is 25.8 Å². The molecule has 1 aliphatic rings. The molecule has 12 heavy (non-hydrogen) atoms. The standard InChI is InChI=1S/C8H10N2.C2H6/c1-6-8-4-2-3-7(8)5-9-10-6;1-2/h5H,2-4H2,1H3;1-2H3. The van der Waals surface area contributed by atoms with E-state index in [1.54, 1.807) is 0 Å². The molecule has 0 atom stereocenters. The highest BCUT2D eigenvalue weighted by Crippen LogP contribution is 2.21. The molecule has 2 heteroatoms. The first-order valence-electron chi connectivity index (χ1n) is 4.68. The van der Waals surface area contributed by atoms with Crippen molar-refractivity contribution in [3.05, 3.63) is 23.0 Å². The number of rotatable bonds is 0. The van der Waals surface area contributed by atoms with Crippen LogP contribution >= 0.6 is 0 Å². The van der Waals surface area contributed by atoms with E-state index in [2.05, 4.69) is 10.2 Å². The van der Waals surface area contributed by atoms with Crippen LogP contribution in [-0.4, -0.2) is 10.2 Å². The van der Waals surface area contributed by atoms with Crippen LogP contribution in [0.3, 0.4) is 0 Å². The van der Waals surface area contributed by atoms with Crippen molar-refractivity contribution < 1.29 is 0 Å². The Morgan fingerprint density at radius 2 is 2.00 bits per heavy atom. The van der Waals surface area contributed by atoms with E-state index < -0.39 is 0 Å². The van der Waals surface area contributed by atoms with Crippen molar-refractivity contribution in [1.29, 1.82) is 0 Å². The molecule has 0 bridgehead atoms. The van der Waals surface area contributed by atoms with Crippen molar-refractivity contribution in [3.8, 4) is 0 Å². The summed E-state index contributed by atoms with van der Waals surface area (Å²) in [5, 5.41) is 7.91. The monoisotopic (exact) mass is 164 g/mol. The Balaban J connectivity index is 0.000000336. The molecule has 2 nitrogen and oxygen atoms in total. The molecule has 0 saturated carbocycles. The van der Waals surface area contributed by atoms with Crippen molar-refractivity contribution in [2.75, 3.05) is 0 Å². The summed E-state index contributed by atoms with van der Waals surface area (Å²) < 4.78 is 0. The molecule has 0 unspecified atom stereocenters. The maximum atomic E-state index is 4.00. The van der Waals surface area contributed by atoms with E-state index in [0.29, 0.717) is 0 Å². The molecule has 0 N–H and O–H groups in total. The first kappa shape index (κ1) is 9.17. The normalized spacial score (nSPS) is 13.2. The summed E-state index contributed by atoms with van der Waals surface area (Å²) in [6.45, 7) is 6.04. The second-order valence-electron chi connectivity index (χ2n) is 2.79. The summed E-state index contributed by atoms with van der Waals surface area (Å²) in [7, 11) is 0. The van der Waals surface area contributed by atoms with Crippen molar-refractivity contribution in [1.82, 2.24) is 10.2 Å². The zero-order valence-electron chi connectivity index (χ0n) is 8.09. The van der Waals surface area contributed by atoms with Crippen molar-refractivity contribution in [2.24, 2.45) is 0 Å². The molecule has 0 aliphatic heterocycles. The van der Waals surface area contributed by atoms with Crippen molar-refractivity contribution in [3.63, 3.8) is 0 Å². The predicted molar refractivity (Wildman–Crippen MR) is 50.1 cm³/mol. The lowest BCUT2D eigenvalue weighted by Gasteiger charge is -1.98. The predicted octanol–water partition coefficient (Wildman–Crippen LogP) is 2.30. The summed E-state index contributed by atoms with van der Waals surface area (Å²) in [5.41, 5.74) is 3.97. The van der Waals surface area contributed by atoms with Crippen LogP contribution in [0.4, 0.5) is 0 Å². The van der Waals surface area contributed by atoms with E-state index in [1.807, 2.05) is 27.0 Å².